The molecule has 7 nitrogen and oxygen atoms in total. The SMILES string of the molecule is NC(Cc1ccccc1)c1nc2[nH]c(=O)[nH]c(=O)c2[nH]1. The Hall–Kier alpha value is -2.67. The Morgan fingerprint density at radius 2 is 1.85 bits per heavy atom. The van der Waals surface area contributed by atoms with E-state index in [1.807, 2.05) is 30.3 Å². The fourth-order valence-corrected chi connectivity index (χ4v) is 2.09. The van der Waals surface area contributed by atoms with Crippen molar-refractivity contribution in [3.8, 4) is 0 Å². The van der Waals surface area contributed by atoms with Crippen LogP contribution in [0.1, 0.15) is 17.4 Å². The van der Waals surface area contributed by atoms with E-state index in [1.165, 1.54) is 0 Å². The molecule has 0 aliphatic carbocycles. The molecule has 3 aromatic rings. The number of aromatic nitrogens is 4. The molecule has 0 aliphatic heterocycles. The Morgan fingerprint density at radius 3 is 2.60 bits per heavy atom. The third kappa shape index (κ3) is 2.26. The number of nitrogens with one attached hydrogen (secondary N) is 3. The molecule has 0 fully saturated rings. The Labute approximate surface area is 112 Å². The van der Waals surface area contributed by atoms with Gasteiger partial charge in [-0.2, -0.15) is 0 Å². The molecule has 0 amide bonds. The average molecular weight is 271 g/mol. The fraction of sp³-hybridized carbons (Fsp3) is 0.154. The van der Waals surface area contributed by atoms with Crippen molar-refractivity contribution in [2.75, 3.05) is 0 Å². The van der Waals surface area contributed by atoms with E-state index in [9.17, 15) is 9.59 Å². The molecule has 0 bridgehead atoms. The van der Waals surface area contributed by atoms with Crippen LogP contribution in [0.3, 0.4) is 0 Å². The van der Waals surface area contributed by atoms with Gasteiger partial charge in [-0.15, -0.1) is 0 Å². The van der Waals surface area contributed by atoms with Gasteiger partial charge in [0.1, 0.15) is 11.3 Å². The highest BCUT2D eigenvalue weighted by Crippen LogP contribution is 2.14. The number of nitrogens with two attached hydrogens (primary N) is 1. The molecule has 1 aromatic carbocycles. The highest BCUT2D eigenvalue weighted by atomic mass is 16.2. The molecular formula is C13H13N5O2. The summed E-state index contributed by atoms with van der Waals surface area (Å²) in [5.41, 5.74) is 6.51. The lowest BCUT2D eigenvalue weighted by Crippen LogP contribution is -2.21. The van der Waals surface area contributed by atoms with E-state index in [2.05, 4.69) is 19.9 Å². The molecule has 1 atom stereocenters. The van der Waals surface area contributed by atoms with Gasteiger partial charge in [-0.25, -0.2) is 9.78 Å². The van der Waals surface area contributed by atoms with E-state index < -0.39 is 11.2 Å². The highest BCUT2D eigenvalue weighted by molar-refractivity contribution is 5.68. The van der Waals surface area contributed by atoms with E-state index in [4.69, 9.17) is 5.73 Å². The summed E-state index contributed by atoms with van der Waals surface area (Å²) in [7, 11) is 0. The zero-order chi connectivity index (χ0) is 14.1. The number of rotatable bonds is 3. The molecule has 0 saturated heterocycles. The summed E-state index contributed by atoms with van der Waals surface area (Å²) >= 11 is 0. The van der Waals surface area contributed by atoms with Crippen molar-refractivity contribution in [1.82, 2.24) is 19.9 Å². The summed E-state index contributed by atoms with van der Waals surface area (Å²) in [4.78, 5) is 34.4. The van der Waals surface area contributed by atoms with Gasteiger partial charge < -0.3 is 10.7 Å². The lowest BCUT2D eigenvalue weighted by atomic mass is 10.1. The highest BCUT2D eigenvalue weighted by Gasteiger charge is 2.14. The largest absolute Gasteiger partial charge is 0.335 e. The zero-order valence-electron chi connectivity index (χ0n) is 10.5. The molecular weight excluding hydrogens is 258 g/mol. The number of nitrogens with zero attached hydrogens (tertiary/aromatic N) is 1. The minimum atomic E-state index is -0.586. The molecule has 102 valence electrons. The van der Waals surface area contributed by atoms with Gasteiger partial charge in [0, 0.05) is 0 Å². The summed E-state index contributed by atoms with van der Waals surface area (Å²) < 4.78 is 0. The van der Waals surface area contributed by atoms with Gasteiger partial charge in [-0.3, -0.25) is 14.8 Å². The first-order chi connectivity index (χ1) is 9.63. The average Bonchev–Trinajstić information content (AvgIpc) is 2.84. The fourth-order valence-electron chi connectivity index (χ4n) is 2.09. The third-order valence-corrected chi connectivity index (χ3v) is 3.06. The Morgan fingerprint density at radius 1 is 1.10 bits per heavy atom. The second-order valence-corrected chi connectivity index (χ2v) is 4.55. The maximum absolute atomic E-state index is 11.6. The maximum Gasteiger partial charge on any atom is 0.327 e. The summed E-state index contributed by atoms with van der Waals surface area (Å²) in [5, 5.41) is 0. The van der Waals surface area contributed by atoms with Gasteiger partial charge in [0.15, 0.2) is 5.65 Å². The van der Waals surface area contributed by atoms with Crippen LogP contribution in [0.2, 0.25) is 0 Å². The molecule has 0 spiro atoms. The Balaban J connectivity index is 1.96. The number of benzene rings is 1. The molecule has 2 heterocycles. The van der Waals surface area contributed by atoms with Gasteiger partial charge in [0.25, 0.3) is 5.56 Å². The van der Waals surface area contributed by atoms with Gasteiger partial charge >= 0.3 is 5.69 Å². The molecule has 5 N–H and O–H groups in total. The summed E-state index contributed by atoms with van der Waals surface area (Å²) in [5.74, 6) is 0.469. The van der Waals surface area contributed by atoms with E-state index in [-0.39, 0.29) is 17.2 Å². The summed E-state index contributed by atoms with van der Waals surface area (Å²) in [6.45, 7) is 0. The lowest BCUT2D eigenvalue weighted by Gasteiger charge is -2.08. The van der Waals surface area contributed by atoms with Gasteiger partial charge in [0.2, 0.25) is 0 Å². The van der Waals surface area contributed by atoms with Crippen LogP contribution in [0.15, 0.2) is 39.9 Å². The number of imidazole rings is 1. The maximum atomic E-state index is 11.6. The molecule has 3 rings (SSSR count). The number of hydrogen-bond donors (Lipinski definition) is 4. The van der Waals surface area contributed by atoms with Crippen molar-refractivity contribution in [3.05, 3.63) is 62.6 Å². The van der Waals surface area contributed by atoms with Crippen LogP contribution in [0.25, 0.3) is 11.2 Å². The second-order valence-electron chi connectivity index (χ2n) is 4.55. The van der Waals surface area contributed by atoms with Crippen LogP contribution in [0, 0.1) is 0 Å². The quantitative estimate of drug-likeness (QED) is 0.543. The van der Waals surface area contributed by atoms with E-state index >= 15 is 0 Å². The molecule has 2 aromatic heterocycles. The van der Waals surface area contributed by atoms with E-state index in [0.717, 1.165) is 5.56 Å². The standard InChI is InChI=1S/C13H13N5O2/c14-8(6-7-4-2-1-3-5-7)10-15-9-11(16-10)17-13(20)18-12(9)19/h1-5,8H,6,14H2,(H3,15,16,17,18,19,20). The number of H-pyrrole nitrogens is 3. The van der Waals surface area contributed by atoms with Gasteiger partial charge in [-0.1, -0.05) is 30.3 Å². The normalized spacial score (nSPS) is 12.7. The van der Waals surface area contributed by atoms with Crippen LogP contribution in [-0.4, -0.2) is 19.9 Å². The summed E-state index contributed by atoms with van der Waals surface area (Å²) in [6.07, 6.45) is 0.586. The first-order valence-electron chi connectivity index (χ1n) is 6.15. The van der Waals surface area contributed by atoms with Gasteiger partial charge in [-0.05, 0) is 12.0 Å². The minimum Gasteiger partial charge on any atom is -0.335 e. The third-order valence-electron chi connectivity index (χ3n) is 3.06. The first-order valence-corrected chi connectivity index (χ1v) is 6.15. The Bertz CT molecular complexity index is 846. The molecule has 0 aliphatic rings. The van der Waals surface area contributed by atoms with Crippen molar-refractivity contribution in [2.45, 2.75) is 12.5 Å². The monoisotopic (exact) mass is 271 g/mol. The second kappa shape index (κ2) is 4.78. The van der Waals surface area contributed by atoms with E-state index in [0.29, 0.717) is 12.2 Å². The topological polar surface area (TPSA) is 120 Å². The van der Waals surface area contributed by atoms with Crippen molar-refractivity contribution in [2.24, 2.45) is 5.73 Å². The van der Waals surface area contributed by atoms with Crippen molar-refractivity contribution >= 4 is 11.2 Å². The van der Waals surface area contributed by atoms with Crippen molar-refractivity contribution in [3.63, 3.8) is 0 Å². The molecule has 20 heavy (non-hydrogen) atoms. The predicted octanol–water partition coefficient (Wildman–Crippen LogP) is 0.182. The molecule has 0 radical (unpaired) electrons. The molecule has 0 saturated carbocycles. The van der Waals surface area contributed by atoms with Crippen molar-refractivity contribution in [1.29, 1.82) is 0 Å². The first kappa shape index (κ1) is 12.4. The minimum absolute atomic E-state index is 0.220. The predicted molar refractivity (Wildman–Crippen MR) is 74.4 cm³/mol. The van der Waals surface area contributed by atoms with Crippen LogP contribution in [0.5, 0.6) is 0 Å². The van der Waals surface area contributed by atoms with Crippen molar-refractivity contribution < 1.29 is 0 Å². The van der Waals surface area contributed by atoms with Crippen LogP contribution >= 0.6 is 0 Å². The lowest BCUT2D eigenvalue weighted by molar-refractivity contribution is 0.680. The number of aromatic amines is 3. The number of hydrogen-bond acceptors (Lipinski definition) is 4. The molecule has 7 heteroatoms. The number of fused-ring (bicyclic) bond motifs is 1. The van der Waals surface area contributed by atoms with Crippen LogP contribution in [0.4, 0.5) is 0 Å². The van der Waals surface area contributed by atoms with Crippen LogP contribution in [-0.2, 0) is 6.42 Å². The van der Waals surface area contributed by atoms with Crippen LogP contribution < -0.4 is 17.0 Å². The summed E-state index contributed by atoms with van der Waals surface area (Å²) in [6, 6.07) is 9.35. The zero-order valence-corrected chi connectivity index (χ0v) is 10.5. The van der Waals surface area contributed by atoms with E-state index in [1.54, 1.807) is 0 Å². The molecule has 1 unspecified atom stereocenters. The Kier molecular flexibility index (Phi) is 2.96. The smallest absolute Gasteiger partial charge is 0.327 e. The van der Waals surface area contributed by atoms with Gasteiger partial charge in [0.05, 0.1) is 6.04 Å².